The number of imide groups is 1. The summed E-state index contributed by atoms with van der Waals surface area (Å²) in [6, 6.07) is 2.87. The molecule has 1 aromatic rings. The summed E-state index contributed by atoms with van der Waals surface area (Å²) in [5.74, 6) is -0.970. The third kappa shape index (κ3) is 4.28. The molecule has 1 aromatic carbocycles. The summed E-state index contributed by atoms with van der Waals surface area (Å²) < 4.78 is 17.7. The largest absolute Gasteiger partial charge is 0.482 e. The standard InChI is InChI=1S/C10H10ClFN2O3/c1-13-10(16)14-9(15)5-17-8-3-2-6(12)4-7(8)11/h2-4H,5H2,1H3,(H2,13,14,15,16). The van der Waals surface area contributed by atoms with Gasteiger partial charge in [-0.05, 0) is 18.2 Å². The van der Waals surface area contributed by atoms with E-state index in [0.717, 1.165) is 12.1 Å². The Hall–Kier alpha value is -1.82. The van der Waals surface area contributed by atoms with Crippen LogP contribution in [0.5, 0.6) is 5.75 Å². The number of nitrogens with one attached hydrogen (secondary N) is 2. The predicted octanol–water partition coefficient (Wildman–Crippen LogP) is 1.31. The summed E-state index contributed by atoms with van der Waals surface area (Å²) in [6.45, 7) is -0.390. The van der Waals surface area contributed by atoms with Crippen molar-refractivity contribution in [3.05, 3.63) is 29.0 Å². The summed E-state index contributed by atoms with van der Waals surface area (Å²) in [5.41, 5.74) is 0. The van der Waals surface area contributed by atoms with Crippen LogP contribution in [0.1, 0.15) is 0 Å². The van der Waals surface area contributed by atoms with Crippen molar-refractivity contribution in [3.63, 3.8) is 0 Å². The number of halogens is 2. The second-order valence-electron chi connectivity index (χ2n) is 2.99. The van der Waals surface area contributed by atoms with E-state index in [4.69, 9.17) is 16.3 Å². The fourth-order valence-electron chi connectivity index (χ4n) is 0.961. The van der Waals surface area contributed by atoms with Gasteiger partial charge in [-0.2, -0.15) is 0 Å². The highest BCUT2D eigenvalue weighted by atomic mass is 35.5. The SMILES string of the molecule is CNC(=O)NC(=O)COc1ccc(F)cc1Cl. The molecule has 2 N–H and O–H groups in total. The first kappa shape index (κ1) is 13.2. The Balaban J connectivity index is 2.50. The van der Waals surface area contributed by atoms with Gasteiger partial charge >= 0.3 is 6.03 Å². The molecule has 17 heavy (non-hydrogen) atoms. The van der Waals surface area contributed by atoms with E-state index < -0.39 is 24.4 Å². The highest BCUT2D eigenvalue weighted by molar-refractivity contribution is 6.32. The molecule has 92 valence electrons. The van der Waals surface area contributed by atoms with Gasteiger partial charge in [0.1, 0.15) is 11.6 Å². The lowest BCUT2D eigenvalue weighted by Gasteiger charge is -2.07. The van der Waals surface area contributed by atoms with Gasteiger partial charge in [0.25, 0.3) is 5.91 Å². The first-order valence-corrected chi connectivity index (χ1v) is 5.00. The van der Waals surface area contributed by atoms with Gasteiger partial charge in [-0.25, -0.2) is 9.18 Å². The molecule has 0 aromatic heterocycles. The Morgan fingerprint density at radius 1 is 1.47 bits per heavy atom. The number of rotatable bonds is 3. The zero-order chi connectivity index (χ0) is 12.8. The highest BCUT2D eigenvalue weighted by Gasteiger charge is 2.08. The molecule has 0 heterocycles. The van der Waals surface area contributed by atoms with Crippen molar-refractivity contribution in [2.45, 2.75) is 0 Å². The van der Waals surface area contributed by atoms with Gasteiger partial charge < -0.3 is 10.1 Å². The molecule has 0 atom stereocenters. The van der Waals surface area contributed by atoms with E-state index in [9.17, 15) is 14.0 Å². The monoisotopic (exact) mass is 260 g/mol. The lowest BCUT2D eigenvalue weighted by molar-refractivity contribution is -0.121. The van der Waals surface area contributed by atoms with Crippen LogP contribution in [0.2, 0.25) is 5.02 Å². The van der Waals surface area contributed by atoms with Crippen LogP contribution in [-0.2, 0) is 4.79 Å². The quantitative estimate of drug-likeness (QED) is 0.861. The molecule has 5 nitrogen and oxygen atoms in total. The summed E-state index contributed by atoms with van der Waals surface area (Å²) >= 11 is 5.67. The van der Waals surface area contributed by atoms with Crippen LogP contribution in [0.3, 0.4) is 0 Å². The Morgan fingerprint density at radius 3 is 2.76 bits per heavy atom. The van der Waals surface area contributed by atoms with Crippen molar-refractivity contribution in [2.75, 3.05) is 13.7 Å². The molecule has 0 bridgehead atoms. The third-order valence-corrected chi connectivity index (χ3v) is 2.03. The first-order valence-electron chi connectivity index (χ1n) is 4.62. The van der Waals surface area contributed by atoms with Crippen molar-refractivity contribution < 1.29 is 18.7 Å². The maximum atomic E-state index is 12.7. The summed E-state index contributed by atoms with van der Waals surface area (Å²) in [5, 5.41) is 4.26. The smallest absolute Gasteiger partial charge is 0.321 e. The molecule has 0 saturated carbocycles. The van der Waals surface area contributed by atoms with E-state index in [2.05, 4.69) is 5.32 Å². The molecule has 1 rings (SSSR count). The van der Waals surface area contributed by atoms with Gasteiger partial charge in [0, 0.05) is 7.05 Å². The van der Waals surface area contributed by atoms with E-state index in [-0.39, 0.29) is 10.8 Å². The Morgan fingerprint density at radius 2 is 2.18 bits per heavy atom. The topological polar surface area (TPSA) is 67.4 Å². The van der Waals surface area contributed by atoms with E-state index in [1.165, 1.54) is 13.1 Å². The van der Waals surface area contributed by atoms with Crippen LogP contribution >= 0.6 is 11.6 Å². The maximum absolute atomic E-state index is 12.7. The van der Waals surface area contributed by atoms with Crippen molar-refractivity contribution >= 4 is 23.5 Å². The number of hydrogen-bond donors (Lipinski definition) is 2. The van der Waals surface area contributed by atoms with Crippen LogP contribution < -0.4 is 15.4 Å². The molecule has 0 aliphatic carbocycles. The van der Waals surface area contributed by atoms with Crippen LogP contribution in [0, 0.1) is 5.82 Å². The zero-order valence-electron chi connectivity index (χ0n) is 8.92. The molecule has 0 fully saturated rings. The van der Waals surface area contributed by atoms with Crippen LogP contribution in [0.4, 0.5) is 9.18 Å². The number of carbonyl (C=O) groups excluding carboxylic acids is 2. The second-order valence-corrected chi connectivity index (χ2v) is 3.40. The van der Waals surface area contributed by atoms with Crippen molar-refractivity contribution in [1.29, 1.82) is 0 Å². The average Bonchev–Trinajstić information content (AvgIpc) is 2.27. The third-order valence-electron chi connectivity index (χ3n) is 1.73. The van der Waals surface area contributed by atoms with Gasteiger partial charge in [0.2, 0.25) is 0 Å². The molecule has 0 aliphatic rings. The molecular formula is C10H10ClFN2O3. The number of urea groups is 1. The molecule has 0 saturated heterocycles. The molecular weight excluding hydrogens is 251 g/mol. The molecule has 0 aliphatic heterocycles. The van der Waals surface area contributed by atoms with Crippen LogP contribution in [0.25, 0.3) is 0 Å². The number of hydrogen-bond acceptors (Lipinski definition) is 3. The average molecular weight is 261 g/mol. The fourth-order valence-corrected chi connectivity index (χ4v) is 1.18. The van der Waals surface area contributed by atoms with Gasteiger partial charge in [0.15, 0.2) is 6.61 Å². The van der Waals surface area contributed by atoms with E-state index in [1.807, 2.05) is 5.32 Å². The Labute approximate surface area is 102 Å². The van der Waals surface area contributed by atoms with Crippen LogP contribution in [0.15, 0.2) is 18.2 Å². The molecule has 0 radical (unpaired) electrons. The molecule has 0 unspecified atom stereocenters. The summed E-state index contributed by atoms with van der Waals surface area (Å²) in [7, 11) is 1.38. The summed E-state index contributed by atoms with van der Waals surface area (Å²) in [4.78, 5) is 21.9. The van der Waals surface area contributed by atoms with E-state index in [0.29, 0.717) is 0 Å². The normalized spacial score (nSPS) is 9.59. The summed E-state index contributed by atoms with van der Waals surface area (Å²) in [6.07, 6.45) is 0. The molecule has 3 amide bonds. The lowest BCUT2D eigenvalue weighted by Crippen LogP contribution is -2.39. The van der Waals surface area contributed by atoms with Gasteiger partial charge in [0.05, 0.1) is 5.02 Å². The number of carbonyl (C=O) groups is 2. The van der Waals surface area contributed by atoms with E-state index in [1.54, 1.807) is 0 Å². The first-order chi connectivity index (χ1) is 8.02. The molecule has 7 heteroatoms. The van der Waals surface area contributed by atoms with E-state index >= 15 is 0 Å². The zero-order valence-corrected chi connectivity index (χ0v) is 9.68. The van der Waals surface area contributed by atoms with Crippen LogP contribution in [-0.4, -0.2) is 25.6 Å². The van der Waals surface area contributed by atoms with Crippen molar-refractivity contribution in [2.24, 2.45) is 0 Å². The fraction of sp³-hybridized carbons (Fsp3) is 0.200. The van der Waals surface area contributed by atoms with Gasteiger partial charge in [-0.1, -0.05) is 11.6 Å². The number of amides is 3. The van der Waals surface area contributed by atoms with Gasteiger partial charge in [-0.3, -0.25) is 10.1 Å². The van der Waals surface area contributed by atoms with Gasteiger partial charge in [-0.15, -0.1) is 0 Å². The Bertz CT molecular complexity index is 440. The maximum Gasteiger partial charge on any atom is 0.321 e. The van der Waals surface area contributed by atoms with Crippen molar-refractivity contribution in [3.8, 4) is 5.75 Å². The Kier molecular flexibility index (Phi) is 4.71. The molecule has 0 spiro atoms. The number of benzene rings is 1. The lowest BCUT2D eigenvalue weighted by atomic mass is 10.3. The minimum absolute atomic E-state index is 0.0535. The number of ether oxygens (including phenoxy) is 1. The minimum Gasteiger partial charge on any atom is -0.482 e. The highest BCUT2D eigenvalue weighted by Crippen LogP contribution is 2.24. The predicted molar refractivity (Wildman–Crippen MR) is 59.5 cm³/mol. The second kappa shape index (κ2) is 6.05. The minimum atomic E-state index is -0.635. The van der Waals surface area contributed by atoms with Crippen molar-refractivity contribution in [1.82, 2.24) is 10.6 Å².